The third-order valence-electron chi connectivity index (χ3n) is 1.84. The van der Waals surface area contributed by atoms with Crippen molar-refractivity contribution in [2.75, 3.05) is 0 Å². The monoisotopic (exact) mass is 180 g/mol. The highest BCUT2D eigenvalue weighted by molar-refractivity contribution is 5.86. The molecule has 0 atom stereocenters. The van der Waals surface area contributed by atoms with Gasteiger partial charge in [-0.15, -0.1) is 0 Å². The van der Waals surface area contributed by atoms with Gasteiger partial charge in [0.05, 0.1) is 5.54 Å². The molecule has 0 heterocycles. The minimum Gasteiger partial charge on any atom is -0.325 e. The van der Waals surface area contributed by atoms with Crippen LogP contribution < -0.4 is 11.1 Å². The molecular weight excluding hydrogens is 164 g/mol. The molecule has 72 valence electrons. The van der Waals surface area contributed by atoms with Crippen molar-refractivity contribution < 1.29 is 4.79 Å². The summed E-state index contributed by atoms with van der Waals surface area (Å²) >= 11 is 0. The maximum Gasteiger partial charge on any atom is 0.243 e. The molecule has 0 unspecified atom stereocenters. The van der Waals surface area contributed by atoms with Crippen LogP contribution in [0.15, 0.2) is 23.9 Å². The van der Waals surface area contributed by atoms with Gasteiger partial charge < -0.3 is 11.1 Å². The second kappa shape index (κ2) is 3.75. The zero-order valence-electron chi connectivity index (χ0n) is 8.13. The summed E-state index contributed by atoms with van der Waals surface area (Å²) < 4.78 is 0. The maximum absolute atomic E-state index is 11.4. The number of hydrogen-bond donors (Lipinski definition) is 2. The van der Waals surface area contributed by atoms with Crippen LogP contribution in [-0.2, 0) is 4.79 Å². The van der Waals surface area contributed by atoms with Crippen LogP contribution in [0, 0.1) is 0 Å². The average Bonchev–Trinajstić information content (AvgIpc) is 2.04. The van der Waals surface area contributed by atoms with Crippen LogP contribution in [0.25, 0.3) is 0 Å². The van der Waals surface area contributed by atoms with Crippen LogP contribution in [0.4, 0.5) is 0 Å². The second-order valence-electron chi connectivity index (χ2n) is 3.81. The van der Waals surface area contributed by atoms with E-state index >= 15 is 0 Å². The Morgan fingerprint density at radius 2 is 2.23 bits per heavy atom. The van der Waals surface area contributed by atoms with E-state index in [0.29, 0.717) is 0 Å². The number of nitrogens with two attached hydrogens (primary N) is 1. The van der Waals surface area contributed by atoms with E-state index in [9.17, 15) is 4.79 Å². The number of hydrogen-bond acceptors (Lipinski definition) is 2. The minimum absolute atomic E-state index is 0.148. The lowest BCUT2D eigenvalue weighted by Gasteiger charge is -2.19. The molecule has 0 radical (unpaired) electrons. The van der Waals surface area contributed by atoms with Crippen LogP contribution in [0.1, 0.15) is 26.7 Å². The van der Waals surface area contributed by atoms with Crippen molar-refractivity contribution >= 4 is 5.91 Å². The normalized spacial score (nSPS) is 16.7. The summed E-state index contributed by atoms with van der Waals surface area (Å²) in [6, 6.07) is 0. The smallest absolute Gasteiger partial charge is 0.243 e. The Balaban J connectivity index is 2.54. The lowest BCUT2D eigenvalue weighted by atomic mass is 10.1. The second-order valence-corrected chi connectivity index (χ2v) is 3.81. The van der Waals surface area contributed by atoms with Gasteiger partial charge in [-0.05, 0) is 32.8 Å². The van der Waals surface area contributed by atoms with Crippen molar-refractivity contribution in [3.8, 4) is 0 Å². The number of carbonyl (C=O) groups is 1. The Hall–Kier alpha value is -1.09. The van der Waals surface area contributed by atoms with Crippen LogP contribution in [0.5, 0.6) is 0 Å². The molecule has 0 saturated carbocycles. The summed E-state index contributed by atoms with van der Waals surface area (Å²) in [5, 5.41) is 2.77. The van der Waals surface area contributed by atoms with Gasteiger partial charge in [0.2, 0.25) is 5.91 Å². The Morgan fingerprint density at radius 3 is 2.69 bits per heavy atom. The highest BCUT2D eigenvalue weighted by Crippen LogP contribution is 2.08. The summed E-state index contributed by atoms with van der Waals surface area (Å²) in [4.78, 5) is 11.4. The van der Waals surface area contributed by atoms with Crippen molar-refractivity contribution in [2.24, 2.45) is 5.73 Å². The summed E-state index contributed by atoms with van der Waals surface area (Å²) in [6.07, 6.45) is 7.98. The molecule has 1 aliphatic carbocycles. The molecule has 1 rings (SSSR count). The van der Waals surface area contributed by atoms with Crippen LogP contribution in [-0.4, -0.2) is 11.4 Å². The number of rotatable bonds is 2. The van der Waals surface area contributed by atoms with Crippen molar-refractivity contribution in [3.63, 3.8) is 0 Å². The predicted molar refractivity (Wildman–Crippen MR) is 52.9 cm³/mol. The molecule has 3 nitrogen and oxygen atoms in total. The SMILES string of the molecule is CC(C)(N)C(=O)NC1=CCCC=C1. The number of carbonyl (C=O) groups excluding carboxylic acids is 1. The summed E-state index contributed by atoms with van der Waals surface area (Å²) in [6.45, 7) is 3.38. The number of allylic oxidation sites excluding steroid dienone is 3. The van der Waals surface area contributed by atoms with E-state index in [4.69, 9.17) is 5.73 Å². The largest absolute Gasteiger partial charge is 0.325 e. The van der Waals surface area contributed by atoms with Gasteiger partial charge in [-0.3, -0.25) is 4.79 Å². The van der Waals surface area contributed by atoms with E-state index in [1.54, 1.807) is 13.8 Å². The number of amides is 1. The Morgan fingerprint density at radius 1 is 1.54 bits per heavy atom. The van der Waals surface area contributed by atoms with Gasteiger partial charge in [-0.1, -0.05) is 12.2 Å². The third-order valence-corrected chi connectivity index (χ3v) is 1.84. The molecule has 3 N–H and O–H groups in total. The first-order valence-electron chi connectivity index (χ1n) is 4.47. The van der Waals surface area contributed by atoms with E-state index in [-0.39, 0.29) is 5.91 Å². The van der Waals surface area contributed by atoms with Gasteiger partial charge in [0.1, 0.15) is 0 Å². The molecule has 3 heteroatoms. The highest BCUT2D eigenvalue weighted by Gasteiger charge is 2.21. The maximum atomic E-state index is 11.4. The molecule has 1 aliphatic rings. The summed E-state index contributed by atoms with van der Waals surface area (Å²) in [7, 11) is 0. The van der Waals surface area contributed by atoms with Crippen molar-refractivity contribution in [2.45, 2.75) is 32.2 Å². The van der Waals surface area contributed by atoms with Crippen molar-refractivity contribution in [1.82, 2.24) is 5.32 Å². The van der Waals surface area contributed by atoms with Crippen molar-refractivity contribution in [1.29, 1.82) is 0 Å². The first-order valence-corrected chi connectivity index (χ1v) is 4.47. The highest BCUT2D eigenvalue weighted by atomic mass is 16.2. The fourth-order valence-corrected chi connectivity index (χ4v) is 0.998. The van der Waals surface area contributed by atoms with Gasteiger partial charge in [0.25, 0.3) is 0 Å². The molecular formula is C10H16N2O. The molecule has 0 saturated heterocycles. The van der Waals surface area contributed by atoms with E-state index in [1.807, 2.05) is 18.2 Å². The lowest BCUT2D eigenvalue weighted by molar-refractivity contribution is -0.124. The standard InChI is InChI=1S/C10H16N2O/c1-10(2,11)9(13)12-8-6-4-3-5-7-8/h4,6-7H,3,5,11H2,1-2H3,(H,12,13). The summed E-state index contributed by atoms with van der Waals surface area (Å²) in [5.74, 6) is -0.148. The minimum atomic E-state index is -0.813. The first kappa shape index (κ1) is 9.99. The molecule has 13 heavy (non-hydrogen) atoms. The van der Waals surface area contributed by atoms with Crippen LogP contribution in [0.2, 0.25) is 0 Å². The quantitative estimate of drug-likeness (QED) is 0.668. The van der Waals surface area contributed by atoms with E-state index < -0.39 is 5.54 Å². The van der Waals surface area contributed by atoms with Gasteiger partial charge in [-0.2, -0.15) is 0 Å². The van der Waals surface area contributed by atoms with Gasteiger partial charge in [0.15, 0.2) is 0 Å². The Kier molecular flexibility index (Phi) is 2.88. The zero-order chi connectivity index (χ0) is 9.90. The van der Waals surface area contributed by atoms with Gasteiger partial charge in [-0.25, -0.2) is 0 Å². The van der Waals surface area contributed by atoms with Crippen LogP contribution >= 0.6 is 0 Å². The predicted octanol–water partition coefficient (Wildman–Crippen LogP) is 1.07. The third kappa shape index (κ3) is 3.03. The average molecular weight is 180 g/mol. The molecule has 0 aromatic heterocycles. The molecule has 0 aliphatic heterocycles. The first-order chi connectivity index (χ1) is 6.00. The van der Waals surface area contributed by atoms with Crippen molar-refractivity contribution in [3.05, 3.63) is 23.9 Å². The molecule has 0 aromatic rings. The molecule has 0 spiro atoms. The van der Waals surface area contributed by atoms with Crippen LogP contribution in [0.3, 0.4) is 0 Å². The van der Waals surface area contributed by atoms with Gasteiger partial charge in [0, 0.05) is 5.70 Å². The molecule has 0 aromatic carbocycles. The molecule has 0 fully saturated rings. The van der Waals surface area contributed by atoms with E-state index in [0.717, 1.165) is 18.5 Å². The summed E-state index contributed by atoms with van der Waals surface area (Å²) in [5.41, 5.74) is 5.68. The Bertz CT molecular complexity index is 259. The number of nitrogens with one attached hydrogen (secondary N) is 1. The van der Waals surface area contributed by atoms with E-state index in [1.165, 1.54) is 0 Å². The topological polar surface area (TPSA) is 55.1 Å². The lowest BCUT2D eigenvalue weighted by Crippen LogP contribution is -2.48. The molecule has 1 amide bonds. The fraction of sp³-hybridized carbons (Fsp3) is 0.500. The Labute approximate surface area is 78.7 Å². The fourth-order valence-electron chi connectivity index (χ4n) is 0.998. The van der Waals surface area contributed by atoms with E-state index in [2.05, 4.69) is 5.32 Å². The zero-order valence-corrected chi connectivity index (χ0v) is 8.13. The molecule has 0 bridgehead atoms. The van der Waals surface area contributed by atoms with Gasteiger partial charge >= 0.3 is 0 Å².